The van der Waals surface area contributed by atoms with Crippen LogP contribution in [0.1, 0.15) is 19.8 Å². The van der Waals surface area contributed by atoms with Crippen molar-refractivity contribution in [1.82, 2.24) is 0 Å². The molecule has 2 heterocycles. The van der Waals surface area contributed by atoms with Crippen molar-refractivity contribution < 1.29 is 24.5 Å². The van der Waals surface area contributed by atoms with Gasteiger partial charge in [0.2, 0.25) is 5.79 Å². The van der Waals surface area contributed by atoms with Gasteiger partial charge >= 0.3 is 5.97 Å². The van der Waals surface area contributed by atoms with Crippen LogP contribution in [-0.2, 0) is 14.3 Å². The maximum Gasteiger partial charge on any atom is 0.313 e. The number of rotatable bonds is 1. The van der Waals surface area contributed by atoms with E-state index in [0.717, 1.165) is 6.42 Å². The third kappa shape index (κ3) is 0.919. The van der Waals surface area contributed by atoms with Gasteiger partial charge in [-0.1, -0.05) is 13.0 Å². The normalized spacial score (nSPS) is 61.9. The van der Waals surface area contributed by atoms with Gasteiger partial charge < -0.3 is 19.7 Å². The fourth-order valence-electron chi connectivity index (χ4n) is 5.11. The zero-order valence-corrected chi connectivity index (χ0v) is 10.8. The van der Waals surface area contributed by atoms with Crippen molar-refractivity contribution in [3.8, 4) is 0 Å². The van der Waals surface area contributed by atoms with Gasteiger partial charge in [0.1, 0.15) is 0 Å². The lowest BCUT2D eigenvalue weighted by molar-refractivity contribution is -0.326. The number of carbonyl (C=O) groups is 1. The molecule has 2 bridgehead atoms. The number of fused-ring (bicyclic) bond motifs is 4. The third-order valence-electron chi connectivity index (χ3n) is 6.24. The molecule has 0 unspecified atom stereocenters. The fourth-order valence-corrected chi connectivity index (χ4v) is 5.11. The van der Waals surface area contributed by atoms with Crippen LogP contribution in [-0.4, -0.2) is 40.3 Å². The highest BCUT2D eigenvalue weighted by atomic mass is 16.7. The predicted molar refractivity (Wildman–Crippen MR) is 63.7 cm³/mol. The average molecular weight is 266 g/mol. The summed E-state index contributed by atoms with van der Waals surface area (Å²) in [5.74, 6) is -3.01. The second-order valence-electron chi connectivity index (χ2n) is 6.52. The van der Waals surface area contributed by atoms with Crippen LogP contribution in [0.25, 0.3) is 0 Å². The molecule has 0 aromatic heterocycles. The lowest BCUT2D eigenvalue weighted by Crippen LogP contribution is -2.70. The molecule has 19 heavy (non-hydrogen) atoms. The zero-order valence-electron chi connectivity index (χ0n) is 10.8. The second-order valence-corrected chi connectivity index (χ2v) is 6.52. The van der Waals surface area contributed by atoms with Crippen molar-refractivity contribution in [2.24, 2.45) is 23.2 Å². The van der Waals surface area contributed by atoms with E-state index >= 15 is 0 Å². The van der Waals surface area contributed by atoms with E-state index in [-0.39, 0.29) is 5.92 Å². The van der Waals surface area contributed by atoms with E-state index in [4.69, 9.17) is 9.47 Å². The lowest BCUT2D eigenvalue weighted by Gasteiger charge is -2.54. The van der Waals surface area contributed by atoms with E-state index in [0.29, 0.717) is 13.0 Å². The molecule has 104 valence electrons. The fraction of sp³-hybridized carbons (Fsp3) is 0.786. The van der Waals surface area contributed by atoms with Crippen LogP contribution in [0.15, 0.2) is 12.7 Å². The number of carbonyl (C=O) groups excluding carboxylic acids is 1. The first-order valence-electron chi connectivity index (χ1n) is 6.82. The Morgan fingerprint density at radius 1 is 1.47 bits per heavy atom. The van der Waals surface area contributed by atoms with Crippen LogP contribution >= 0.6 is 0 Å². The molecule has 0 amide bonds. The quantitative estimate of drug-likeness (QED) is 0.524. The van der Waals surface area contributed by atoms with Crippen molar-refractivity contribution in [2.45, 2.75) is 37.3 Å². The molecule has 2 saturated heterocycles. The van der Waals surface area contributed by atoms with Crippen molar-refractivity contribution in [2.75, 3.05) is 6.61 Å². The number of hydrogen-bond donors (Lipinski definition) is 2. The van der Waals surface area contributed by atoms with E-state index in [1.807, 2.05) is 6.92 Å². The number of esters is 1. The topological polar surface area (TPSA) is 76.0 Å². The van der Waals surface area contributed by atoms with Gasteiger partial charge in [0.05, 0.1) is 23.5 Å². The maximum absolute atomic E-state index is 12.1. The first-order valence-corrected chi connectivity index (χ1v) is 6.82. The summed E-state index contributed by atoms with van der Waals surface area (Å²) in [6, 6.07) is 0. The molecule has 0 radical (unpaired) electrons. The minimum absolute atomic E-state index is 0.0627. The Bertz CT molecular complexity index is 490. The van der Waals surface area contributed by atoms with E-state index in [1.54, 1.807) is 6.08 Å². The van der Waals surface area contributed by atoms with E-state index < -0.39 is 40.7 Å². The minimum Gasteiger partial charge on any atom is -0.456 e. The van der Waals surface area contributed by atoms with Crippen LogP contribution in [0.5, 0.6) is 0 Å². The van der Waals surface area contributed by atoms with Gasteiger partial charge in [-0.05, 0) is 18.8 Å². The van der Waals surface area contributed by atoms with Crippen LogP contribution in [0.4, 0.5) is 0 Å². The molecule has 7 atom stereocenters. The van der Waals surface area contributed by atoms with Gasteiger partial charge in [-0.25, -0.2) is 0 Å². The van der Waals surface area contributed by atoms with Gasteiger partial charge in [-0.3, -0.25) is 4.79 Å². The maximum atomic E-state index is 12.1. The van der Waals surface area contributed by atoms with Crippen LogP contribution < -0.4 is 0 Å². The lowest BCUT2D eigenvalue weighted by atomic mass is 9.53. The molecule has 2 saturated carbocycles. The number of ether oxygens (including phenoxy) is 2. The highest BCUT2D eigenvalue weighted by Gasteiger charge is 2.83. The van der Waals surface area contributed by atoms with Crippen molar-refractivity contribution in [3.63, 3.8) is 0 Å². The SMILES string of the molecule is C=C[C@@H]1[C@H]2OC(=O)[C@@H]1[C@]1(O)CC[C@@H]3CO[C@@]2(O)[C@@]31C. The van der Waals surface area contributed by atoms with Gasteiger partial charge in [0.15, 0.2) is 6.10 Å². The van der Waals surface area contributed by atoms with Gasteiger partial charge in [0.25, 0.3) is 0 Å². The molecule has 4 rings (SSSR count). The number of hydrogen-bond acceptors (Lipinski definition) is 5. The smallest absolute Gasteiger partial charge is 0.313 e. The largest absolute Gasteiger partial charge is 0.456 e. The summed E-state index contributed by atoms with van der Waals surface area (Å²) >= 11 is 0. The van der Waals surface area contributed by atoms with E-state index in [1.165, 1.54) is 0 Å². The Kier molecular flexibility index (Phi) is 1.91. The van der Waals surface area contributed by atoms with Crippen LogP contribution in [0.3, 0.4) is 0 Å². The Labute approximate surface area is 111 Å². The average Bonchev–Trinajstić information content (AvgIpc) is 2.93. The summed E-state index contributed by atoms with van der Waals surface area (Å²) in [4.78, 5) is 12.1. The zero-order chi connectivity index (χ0) is 13.6. The summed E-state index contributed by atoms with van der Waals surface area (Å²) in [5, 5.41) is 22.2. The molecular formula is C14H18O5. The highest BCUT2D eigenvalue weighted by molar-refractivity contribution is 5.79. The first-order chi connectivity index (χ1) is 8.90. The molecule has 5 heteroatoms. The first kappa shape index (κ1) is 11.9. The predicted octanol–water partition coefficient (Wildman–Crippen LogP) is 0.210. The van der Waals surface area contributed by atoms with Crippen molar-refractivity contribution in [1.29, 1.82) is 0 Å². The summed E-state index contributed by atoms with van der Waals surface area (Å²) in [6.45, 7) is 5.97. The molecule has 0 aromatic rings. The summed E-state index contributed by atoms with van der Waals surface area (Å²) in [7, 11) is 0. The highest BCUT2D eigenvalue weighted by Crippen LogP contribution is 2.70. The van der Waals surface area contributed by atoms with Gasteiger partial charge in [0, 0.05) is 5.92 Å². The van der Waals surface area contributed by atoms with Crippen molar-refractivity contribution >= 4 is 5.97 Å². The summed E-state index contributed by atoms with van der Waals surface area (Å²) < 4.78 is 11.0. The minimum atomic E-state index is -1.61. The Morgan fingerprint density at radius 3 is 2.89 bits per heavy atom. The molecule has 2 aliphatic carbocycles. The van der Waals surface area contributed by atoms with Crippen LogP contribution in [0.2, 0.25) is 0 Å². The van der Waals surface area contributed by atoms with Gasteiger partial charge in [-0.2, -0.15) is 0 Å². The molecule has 5 nitrogen and oxygen atoms in total. The summed E-state index contributed by atoms with van der Waals surface area (Å²) in [5.41, 5.74) is -2.12. The number of aliphatic hydroxyl groups is 2. The molecule has 0 spiro atoms. The Morgan fingerprint density at radius 2 is 2.21 bits per heavy atom. The second kappa shape index (κ2) is 3.05. The molecule has 4 fully saturated rings. The third-order valence-corrected chi connectivity index (χ3v) is 6.24. The summed E-state index contributed by atoms with van der Waals surface area (Å²) in [6.07, 6.45) is 2.10. The molecule has 2 N–H and O–H groups in total. The Hall–Kier alpha value is -0.910. The van der Waals surface area contributed by atoms with Crippen molar-refractivity contribution in [3.05, 3.63) is 12.7 Å². The molecule has 4 aliphatic rings. The molecular weight excluding hydrogens is 248 g/mol. The van der Waals surface area contributed by atoms with Gasteiger partial charge in [-0.15, -0.1) is 6.58 Å². The Balaban J connectivity index is 1.99. The monoisotopic (exact) mass is 266 g/mol. The molecule has 0 aromatic carbocycles. The van der Waals surface area contributed by atoms with E-state index in [2.05, 4.69) is 6.58 Å². The van der Waals surface area contributed by atoms with E-state index in [9.17, 15) is 15.0 Å². The standard InChI is InChI=1S/C14H18O5/c1-3-8-9-11(15)19-10(8)14(17)12(2)7(6-18-14)4-5-13(9,12)16/h3,7-10,16-17H,1,4-6H2,2H3/t7-,8+,9-,10-,12+,13-,14-/m1/s1. The van der Waals surface area contributed by atoms with Crippen LogP contribution in [0, 0.1) is 23.2 Å². The molecule has 2 aliphatic heterocycles.